The van der Waals surface area contributed by atoms with E-state index < -0.39 is 11.6 Å². The zero-order valence-electron chi connectivity index (χ0n) is 7.77. The SMILES string of the molecule is CC.Fc1ccc2c(c1F)C=CC2. The Morgan fingerprint density at radius 2 is 1.85 bits per heavy atom. The maximum atomic E-state index is 12.9. The Balaban J connectivity index is 0.000000396. The van der Waals surface area contributed by atoms with Gasteiger partial charge in [-0.3, -0.25) is 0 Å². The van der Waals surface area contributed by atoms with Gasteiger partial charge in [-0.2, -0.15) is 0 Å². The monoisotopic (exact) mass is 182 g/mol. The Labute approximate surface area is 76.9 Å². The third-order valence-corrected chi connectivity index (χ3v) is 1.85. The molecule has 1 aromatic rings. The molecular weight excluding hydrogens is 170 g/mol. The van der Waals surface area contributed by atoms with Crippen LogP contribution in [0.5, 0.6) is 0 Å². The van der Waals surface area contributed by atoms with Crippen LogP contribution in [0.15, 0.2) is 18.2 Å². The molecule has 70 valence electrons. The summed E-state index contributed by atoms with van der Waals surface area (Å²) in [6.45, 7) is 4.00. The maximum Gasteiger partial charge on any atom is 0.166 e. The van der Waals surface area contributed by atoms with E-state index in [1.54, 1.807) is 12.1 Å². The molecule has 0 atom stereocenters. The average molecular weight is 182 g/mol. The Bertz CT molecular complexity index is 327. The molecule has 1 aliphatic rings. The van der Waals surface area contributed by atoms with Crippen molar-refractivity contribution in [1.82, 2.24) is 0 Å². The molecule has 0 radical (unpaired) electrons. The van der Waals surface area contributed by atoms with E-state index in [0.29, 0.717) is 12.0 Å². The number of fused-ring (bicyclic) bond motifs is 1. The first-order valence-corrected chi connectivity index (χ1v) is 4.42. The van der Waals surface area contributed by atoms with Gasteiger partial charge in [0.25, 0.3) is 0 Å². The first kappa shape index (κ1) is 9.90. The fourth-order valence-electron chi connectivity index (χ4n) is 1.27. The van der Waals surface area contributed by atoms with Crippen LogP contribution in [0.25, 0.3) is 6.08 Å². The van der Waals surface area contributed by atoms with Crippen molar-refractivity contribution in [2.75, 3.05) is 0 Å². The van der Waals surface area contributed by atoms with Crippen molar-refractivity contribution in [2.45, 2.75) is 20.3 Å². The number of hydrogen-bond donors (Lipinski definition) is 0. The number of allylic oxidation sites excluding steroid dienone is 1. The molecule has 2 heteroatoms. The summed E-state index contributed by atoms with van der Waals surface area (Å²) in [6, 6.07) is 2.79. The number of benzene rings is 1. The van der Waals surface area contributed by atoms with Gasteiger partial charge in [-0.05, 0) is 18.1 Å². The van der Waals surface area contributed by atoms with E-state index in [1.807, 2.05) is 19.9 Å². The predicted molar refractivity (Wildman–Crippen MR) is 50.4 cm³/mol. The van der Waals surface area contributed by atoms with Crippen LogP contribution in [0.2, 0.25) is 0 Å². The van der Waals surface area contributed by atoms with Crippen molar-refractivity contribution >= 4 is 6.08 Å². The first-order chi connectivity index (χ1) is 6.29. The molecule has 0 fully saturated rings. The molecule has 0 N–H and O–H groups in total. The molecule has 0 heterocycles. The van der Waals surface area contributed by atoms with E-state index >= 15 is 0 Å². The topological polar surface area (TPSA) is 0 Å². The van der Waals surface area contributed by atoms with Crippen molar-refractivity contribution < 1.29 is 8.78 Å². The highest BCUT2D eigenvalue weighted by Crippen LogP contribution is 2.23. The Morgan fingerprint density at radius 1 is 1.15 bits per heavy atom. The van der Waals surface area contributed by atoms with Gasteiger partial charge in [-0.15, -0.1) is 0 Å². The minimum Gasteiger partial charge on any atom is -0.204 e. The summed E-state index contributed by atoms with van der Waals surface area (Å²) in [5.41, 5.74) is 1.27. The first-order valence-electron chi connectivity index (χ1n) is 4.42. The van der Waals surface area contributed by atoms with Gasteiger partial charge in [0.05, 0.1) is 0 Å². The van der Waals surface area contributed by atoms with Crippen LogP contribution >= 0.6 is 0 Å². The molecule has 0 saturated carbocycles. The fourth-order valence-corrected chi connectivity index (χ4v) is 1.27. The quantitative estimate of drug-likeness (QED) is 0.575. The van der Waals surface area contributed by atoms with E-state index in [1.165, 1.54) is 6.07 Å². The molecule has 0 spiro atoms. The molecule has 1 aromatic carbocycles. The van der Waals surface area contributed by atoms with Crippen LogP contribution in [0, 0.1) is 11.6 Å². The number of rotatable bonds is 0. The third-order valence-electron chi connectivity index (χ3n) is 1.85. The number of hydrogen-bond acceptors (Lipinski definition) is 0. The summed E-state index contributed by atoms with van der Waals surface area (Å²) < 4.78 is 25.4. The van der Waals surface area contributed by atoms with Gasteiger partial charge in [0, 0.05) is 5.56 Å². The van der Waals surface area contributed by atoms with E-state index in [-0.39, 0.29) is 0 Å². The maximum absolute atomic E-state index is 12.9. The molecule has 0 aromatic heterocycles. The van der Waals surface area contributed by atoms with Crippen LogP contribution in [-0.4, -0.2) is 0 Å². The van der Waals surface area contributed by atoms with E-state index in [9.17, 15) is 8.78 Å². The second kappa shape index (κ2) is 4.17. The van der Waals surface area contributed by atoms with Crippen LogP contribution < -0.4 is 0 Å². The van der Waals surface area contributed by atoms with Gasteiger partial charge in [0.1, 0.15) is 0 Å². The molecule has 0 unspecified atom stereocenters. The zero-order valence-corrected chi connectivity index (χ0v) is 7.77. The Hall–Kier alpha value is -1.18. The lowest BCUT2D eigenvalue weighted by molar-refractivity contribution is 0.506. The summed E-state index contributed by atoms with van der Waals surface area (Å²) in [4.78, 5) is 0. The van der Waals surface area contributed by atoms with Gasteiger partial charge in [-0.25, -0.2) is 8.78 Å². The summed E-state index contributed by atoms with van der Waals surface area (Å²) >= 11 is 0. The molecule has 2 rings (SSSR count). The zero-order chi connectivity index (χ0) is 9.84. The normalized spacial score (nSPS) is 12.0. The molecular formula is C11H12F2. The average Bonchev–Trinajstić information content (AvgIpc) is 2.63. The van der Waals surface area contributed by atoms with Gasteiger partial charge < -0.3 is 0 Å². The van der Waals surface area contributed by atoms with Crippen molar-refractivity contribution in [3.8, 4) is 0 Å². The summed E-state index contributed by atoms with van der Waals surface area (Å²) in [5, 5.41) is 0. The summed E-state index contributed by atoms with van der Waals surface area (Å²) in [6.07, 6.45) is 4.16. The Morgan fingerprint density at radius 3 is 2.54 bits per heavy atom. The lowest BCUT2D eigenvalue weighted by atomic mass is 10.1. The van der Waals surface area contributed by atoms with Crippen molar-refractivity contribution in [3.05, 3.63) is 41.0 Å². The third kappa shape index (κ3) is 1.77. The van der Waals surface area contributed by atoms with Crippen LogP contribution in [0.4, 0.5) is 8.78 Å². The van der Waals surface area contributed by atoms with Crippen LogP contribution in [-0.2, 0) is 6.42 Å². The van der Waals surface area contributed by atoms with E-state index in [2.05, 4.69) is 0 Å². The van der Waals surface area contributed by atoms with Crippen LogP contribution in [0.3, 0.4) is 0 Å². The fraction of sp³-hybridized carbons (Fsp3) is 0.273. The second-order valence-electron chi connectivity index (χ2n) is 2.54. The second-order valence-corrected chi connectivity index (χ2v) is 2.54. The molecule has 0 aliphatic heterocycles. The highest BCUT2D eigenvalue weighted by molar-refractivity contribution is 5.60. The van der Waals surface area contributed by atoms with Gasteiger partial charge >= 0.3 is 0 Å². The standard InChI is InChI=1S/C9H6F2.C2H6/c10-8-5-4-6-2-1-3-7(6)9(8)11;1-2/h1,3-5H,2H2;1-2H3. The van der Waals surface area contributed by atoms with Crippen molar-refractivity contribution in [1.29, 1.82) is 0 Å². The highest BCUT2D eigenvalue weighted by atomic mass is 19.2. The minimum atomic E-state index is -0.768. The van der Waals surface area contributed by atoms with E-state index in [4.69, 9.17) is 0 Å². The lowest BCUT2D eigenvalue weighted by Crippen LogP contribution is -1.90. The minimum absolute atomic E-state index is 0.407. The van der Waals surface area contributed by atoms with E-state index in [0.717, 1.165) is 5.56 Å². The lowest BCUT2D eigenvalue weighted by Gasteiger charge is -1.99. The largest absolute Gasteiger partial charge is 0.204 e. The summed E-state index contributed by atoms with van der Waals surface area (Å²) in [5.74, 6) is -1.49. The molecule has 13 heavy (non-hydrogen) atoms. The van der Waals surface area contributed by atoms with Gasteiger partial charge in [0.15, 0.2) is 11.6 Å². The molecule has 0 saturated heterocycles. The van der Waals surface area contributed by atoms with Crippen molar-refractivity contribution in [2.24, 2.45) is 0 Å². The molecule has 0 bridgehead atoms. The summed E-state index contributed by atoms with van der Waals surface area (Å²) in [7, 11) is 0. The smallest absolute Gasteiger partial charge is 0.166 e. The molecule has 1 aliphatic carbocycles. The Kier molecular flexibility index (Phi) is 3.18. The highest BCUT2D eigenvalue weighted by Gasteiger charge is 2.13. The number of halogens is 2. The van der Waals surface area contributed by atoms with Crippen molar-refractivity contribution in [3.63, 3.8) is 0 Å². The van der Waals surface area contributed by atoms with Gasteiger partial charge in [-0.1, -0.05) is 32.1 Å². The van der Waals surface area contributed by atoms with Gasteiger partial charge in [0.2, 0.25) is 0 Å². The van der Waals surface area contributed by atoms with Crippen LogP contribution in [0.1, 0.15) is 25.0 Å². The molecule has 0 amide bonds. The molecule has 0 nitrogen and oxygen atoms in total. The predicted octanol–water partition coefficient (Wildman–Crippen LogP) is 3.56.